The Labute approximate surface area is 102 Å². The van der Waals surface area contributed by atoms with Gasteiger partial charge >= 0.3 is 5.82 Å². The van der Waals surface area contributed by atoms with Gasteiger partial charge in [-0.1, -0.05) is 5.21 Å². The molecule has 2 aromatic heterocycles. The first-order valence-electron chi connectivity index (χ1n) is 5.28. The summed E-state index contributed by atoms with van der Waals surface area (Å²) in [6.45, 7) is 2.12. The van der Waals surface area contributed by atoms with Gasteiger partial charge in [-0.05, 0) is 16.8 Å². The van der Waals surface area contributed by atoms with Gasteiger partial charge in [0.25, 0.3) is 0 Å². The summed E-state index contributed by atoms with van der Waals surface area (Å²) in [7, 11) is 0. The zero-order chi connectivity index (χ0) is 13.1. The Kier molecular flexibility index (Phi) is 3.33. The highest BCUT2D eigenvalue weighted by Gasteiger charge is 2.12. The van der Waals surface area contributed by atoms with E-state index in [4.69, 9.17) is 5.11 Å². The van der Waals surface area contributed by atoms with Crippen LogP contribution in [-0.4, -0.2) is 41.2 Å². The molecule has 9 heteroatoms. The van der Waals surface area contributed by atoms with Crippen LogP contribution in [0, 0.1) is 10.1 Å². The van der Waals surface area contributed by atoms with Crippen molar-refractivity contribution in [3.8, 4) is 0 Å². The molecule has 9 nitrogen and oxygen atoms in total. The average Bonchev–Trinajstić information content (AvgIpc) is 2.98. The number of rotatable bonds is 5. The molecule has 0 bridgehead atoms. The molecule has 2 aromatic rings. The molecule has 1 N–H and O–H groups in total. The lowest BCUT2D eigenvalue weighted by Gasteiger charge is -2.05. The van der Waals surface area contributed by atoms with Gasteiger partial charge < -0.3 is 19.8 Å². The minimum Gasteiger partial charge on any atom is -0.394 e. The van der Waals surface area contributed by atoms with E-state index in [2.05, 4.69) is 15.3 Å². The van der Waals surface area contributed by atoms with Gasteiger partial charge in [0.2, 0.25) is 6.33 Å². The van der Waals surface area contributed by atoms with Gasteiger partial charge in [0.05, 0.1) is 25.4 Å². The third-order valence-electron chi connectivity index (χ3n) is 2.42. The smallest absolute Gasteiger partial charge is 0.381 e. The predicted octanol–water partition coefficient (Wildman–Crippen LogP) is -0.0156. The van der Waals surface area contributed by atoms with E-state index in [9.17, 15) is 10.1 Å². The first-order valence-corrected chi connectivity index (χ1v) is 5.28. The van der Waals surface area contributed by atoms with Gasteiger partial charge in [-0.3, -0.25) is 0 Å². The van der Waals surface area contributed by atoms with Crippen molar-refractivity contribution in [1.82, 2.24) is 24.5 Å². The zero-order valence-corrected chi connectivity index (χ0v) is 9.67. The standard InChI is InChI=1S/C9H12N6O3/c1-7(5-16)14-3-8(11-12-14)2-13-4-9(10-6-13)15(17)18/h3-4,6-7,16H,2,5H2,1H3. The molecule has 0 aliphatic carbocycles. The van der Waals surface area contributed by atoms with E-state index >= 15 is 0 Å². The Morgan fingerprint density at radius 3 is 2.94 bits per heavy atom. The van der Waals surface area contributed by atoms with Crippen molar-refractivity contribution in [2.45, 2.75) is 19.5 Å². The number of nitro groups is 1. The molecule has 1 atom stereocenters. The van der Waals surface area contributed by atoms with E-state index in [1.54, 1.807) is 22.4 Å². The van der Waals surface area contributed by atoms with E-state index in [-0.39, 0.29) is 18.5 Å². The first-order chi connectivity index (χ1) is 8.60. The third-order valence-corrected chi connectivity index (χ3v) is 2.42. The number of nitrogens with zero attached hydrogens (tertiary/aromatic N) is 6. The second-order valence-corrected chi connectivity index (χ2v) is 3.88. The molecule has 0 aliphatic rings. The lowest BCUT2D eigenvalue weighted by atomic mass is 10.4. The monoisotopic (exact) mass is 252 g/mol. The Morgan fingerprint density at radius 1 is 1.56 bits per heavy atom. The number of aliphatic hydroxyl groups excluding tert-OH is 1. The summed E-state index contributed by atoms with van der Waals surface area (Å²) >= 11 is 0. The van der Waals surface area contributed by atoms with Crippen LogP contribution < -0.4 is 0 Å². The van der Waals surface area contributed by atoms with Crippen molar-refractivity contribution in [3.05, 3.63) is 34.5 Å². The van der Waals surface area contributed by atoms with Gasteiger partial charge in [-0.2, -0.15) is 0 Å². The molecule has 0 spiro atoms. The van der Waals surface area contributed by atoms with Gasteiger partial charge in [-0.25, -0.2) is 4.68 Å². The van der Waals surface area contributed by atoms with Crippen LogP contribution in [0.5, 0.6) is 0 Å². The molecule has 0 saturated carbocycles. The second-order valence-electron chi connectivity index (χ2n) is 3.88. The van der Waals surface area contributed by atoms with E-state index in [0.29, 0.717) is 12.2 Å². The molecule has 0 radical (unpaired) electrons. The van der Waals surface area contributed by atoms with Crippen LogP contribution in [-0.2, 0) is 6.54 Å². The van der Waals surface area contributed by atoms with Gasteiger partial charge in [-0.15, -0.1) is 5.10 Å². The summed E-state index contributed by atoms with van der Waals surface area (Å²) in [6, 6.07) is -0.150. The maximum atomic E-state index is 10.5. The van der Waals surface area contributed by atoms with Gasteiger partial charge in [0.15, 0.2) is 0 Å². The number of hydrogen-bond acceptors (Lipinski definition) is 6. The number of aromatic nitrogens is 5. The highest BCUT2D eigenvalue weighted by molar-refractivity contribution is 5.13. The molecule has 0 saturated heterocycles. The number of hydrogen-bond donors (Lipinski definition) is 1. The molecule has 0 aromatic carbocycles. The fourth-order valence-electron chi connectivity index (χ4n) is 1.40. The first kappa shape index (κ1) is 12.2. The average molecular weight is 252 g/mol. The Bertz CT molecular complexity index is 548. The molecule has 0 fully saturated rings. The summed E-state index contributed by atoms with van der Waals surface area (Å²) in [4.78, 5) is 13.6. The summed E-state index contributed by atoms with van der Waals surface area (Å²) in [5.41, 5.74) is 0.641. The fourth-order valence-corrected chi connectivity index (χ4v) is 1.40. The van der Waals surface area contributed by atoms with Crippen LogP contribution in [0.3, 0.4) is 0 Å². The molecule has 96 valence electrons. The summed E-state index contributed by atoms with van der Waals surface area (Å²) < 4.78 is 3.09. The van der Waals surface area contributed by atoms with Crippen LogP contribution in [0.2, 0.25) is 0 Å². The Morgan fingerprint density at radius 2 is 2.33 bits per heavy atom. The summed E-state index contributed by atoms with van der Waals surface area (Å²) in [5, 5.41) is 27.2. The van der Waals surface area contributed by atoms with Crippen LogP contribution >= 0.6 is 0 Å². The molecule has 2 heterocycles. The highest BCUT2D eigenvalue weighted by Crippen LogP contribution is 2.08. The van der Waals surface area contributed by atoms with Crippen molar-refractivity contribution in [3.63, 3.8) is 0 Å². The van der Waals surface area contributed by atoms with Crippen molar-refractivity contribution in [1.29, 1.82) is 0 Å². The van der Waals surface area contributed by atoms with Gasteiger partial charge in [0, 0.05) is 0 Å². The fraction of sp³-hybridized carbons (Fsp3) is 0.444. The second kappa shape index (κ2) is 4.92. The summed E-state index contributed by atoms with van der Waals surface area (Å²) in [5.74, 6) is -0.203. The van der Waals surface area contributed by atoms with Crippen LogP contribution in [0.15, 0.2) is 18.7 Å². The molecule has 1 unspecified atom stereocenters. The minimum absolute atomic E-state index is 0.0284. The molecule has 0 amide bonds. The van der Waals surface area contributed by atoms with Gasteiger partial charge in [0.1, 0.15) is 11.9 Å². The van der Waals surface area contributed by atoms with Crippen LogP contribution in [0.25, 0.3) is 0 Å². The van der Waals surface area contributed by atoms with E-state index in [1.807, 2.05) is 0 Å². The minimum atomic E-state index is -0.554. The molecule has 18 heavy (non-hydrogen) atoms. The molecular formula is C9H12N6O3. The Balaban J connectivity index is 2.08. The highest BCUT2D eigenvalue weighted by atomic mass is 16.6. The molecule has 2 rings (SSSR count). The largest absolute Gasteiger partial charge is 0.394 e. The number of imidazole rings is 1. The third kappa shape index (κ3) is 2.51. The zero-order valence-electron chi connectivity index (χ0n) is 9.67. The van der Waals surface area contributed by atoms with E-state index < -0.39 is 4.92 Å². The predicted molar refractivity (Wildman–Crippen MR) is 59.8 cm³/mol. The maximum Gasteiger partial charge on any atom is 0.381 e. The quantitative estimate of drug-likeness (QED) is 0.591. The topological polar surface area (TPSA) is 112 Å². The van der Waals surface area contributed by atoms with Crippen LogP contribution in [0.4, 0.5) is 5.82 Å². The number of aliphatic hydroxyl groups is 1. The lowest BCUT2D eigenvalue weighted by Crippen LogP contribution is -2.09. The van der Waals surface area contributed by atoms with Crippen LogP contribution in [0.1, 0.15) is 18.7 Å². The van der Waals surface area contributed by atoms with Crippen molar-refractivity contribution in [2.75, 3.05) is 6.61 Å². The molecule has 0 aliphatic heterocycles. The van der Waals surface area contributed by atoms with Crippen molar-refractivity contribution in [2.24, 2.45) is 0 Å². The maximum absolute atomic E-state index is 10.5. The summed E-state index contributed by atoms with van der Waals surface area (Å²) in [6.07, 6.45) is 4.38. The lowest BCUT2D eigenvalue weighted by molar-refractivity contribution is -0.389. The molecular weight excluding hydrogens is 240 g/mol. The van der Waals surface area contributed by atoms with Crippen molar-refractivity contribution < 1.29 is 10.0 Å². The van der Waals surface area contributed by atoms with E-state index in [0.717, 1.165) is 0 Å². The normalized spacial score (nSPS) is 12.6. The SMILES string of the molecule is CC(CO)n1cc(Cn2cnc([N+](=O)[O-])c2)nn1. The van der Waals surface area contributed by atoms with E-state index in [1.165, 1.54) is 12.5 Å². The van der Waals surface area contributed by atoms with Crippen molar-refractivity contribution >= 4 is 5.82 Å². The Hall–Kier alpha value is -2.29.